The third kappa shape index (κ3) is 19.6. The molecule has 0 saturated carbocycles. The molecule has 1 fully saturated rings. The summed E-state index contributed by atoms with van der Waals surface area (Å²) in [6.07, 6.45) is 14.3. The Kier molecular flexibility index (Phi) is 25.7. The molecule has 1 aliphatic heterocycles. The molecule has 14 aromatic rings. The molecule has 1 saturated heterocycles. The van der Waals surface area contributed by atoms with Crippen molar-refractivity contribution in [3.8, 4) is 11.1 Å². The Bertz CT molecular complexity index is 4230. The number of aromatic amines is 2. The van der Waals surface area contributed by atoms with Gasteiger partial charge >= 0.3 is 42.1 Å². The van der Waals surface area contributed by atoms with Crippen molar-refractivity contribution in [2.75, 3.05) is 10.6 Å². The molecule has 478 valence electrons. The van der Waals surface area contributed by atoms with E-state index in [4.69, 9.17) is 28.4 Å². The van der Waals surface area contributed by atoms with Crippen LogP contribution in [0.3, 0.4) is 0 Å². The third-order valence-corrected chi connectivity index (χ3v) is 20.7. The van der Waals surface area contributed by atoms with Gasteiger partial charge in [-0.25, -0.2) is 29.9 Å². The van der Waals surface area contributed by atoms with Crippen molar-refractivity contribution in [3.05, 3.63) is 321 Å². The van der Waals surface area contributed by atoms with Crippen molar-refractivity contribution in [3.63, 3.8) is 0 Å². The van der Waals surface area contributed by atoms with Crippen LogP contribution in [0.5, 0.6) is 0 Å². The summed E-state index contributed by atoms with van der Waals surface area (Å²) in [6, 6.07) is 92.3. The molecule has 0 aliphatic carbocycles. The number of pyridine rings is 2. The van der Waals surface area contributed by atoms with Crippen LogP contribution in [0.1, 0.15) is 27.7 Å². The summed E-state index contributed by atoms with van der Waals surface area (Å²) in [4.78, 5) is 31.6. The fraction of sp³-hybridized carbons (Fsp3) is 0.0789. The topological polar surface area (TPSA) is 151 Å². The number of nitrogens with one attached hydrogen (secondary N) is 4. The predicted octanol–water partition coefficient (Wildman–Crippen LogP) is 16.9. The second kappa shape index (κ2) is 35.3. The van der Waals surface area contributed by atoms with Gasteiger partial charge in [-0.1, -0.05) is 212 Å². The molecule has 0 bridgehead atoms. The predicted molar refractivity (Wildman–Crippen MR) is 400 cm³/mol. The Morgan fingerprint density at radius 1 is 0.411 bits per heavy atom. The van der Waals surface area contributed by atoms with Crippen molar-refractivity contribution >= 4 is 141 Å². The Hall–Kier alpha value is -8.53. The van der Waals surface area contributed by atoms with Gasteiger partial charge in [0, 0.05) is 87.1 Å². The molecule has 0 spiro atoms. The molecule has 12 nitrogen and oxygen atoms in total. The van der Waals surface area contributed by atoms with Crippen molar-refractivity contribution in [2.45, 2.75) is 38.9 Å². The van der Waals surface area contributed by atoms with E-state index in [1.54, 1.807) is 43.1 Å². The number of fused-ring (bicyclic) bond motifs is 2. The van der Waals surface area contributed by atoms with Gasteiger partial charge in [-0.2, -0.15) is 0 Å². The van der Waals surface area contributed by atoms with E-state index in [9.17, 15) is 0 Å². The Labute approximate surface area is 582 Å². The first-order valence-electron chi connectivity index (χ1n) is 30.3. The molecule has 4 N–H and O–H groups in total. The Morgan fingerprint density at radius 3 is 1.15 bits per heavy atom. The van der Waals surface area contributed by atoms with Crippen LogP contribution >= 0.6 is 50.8 Å². The summed E-state index contributed by atoms with van der Waals surface area (Å²) in [5.74, 6) is 1.17. The van der Waals surface area contributed by atoms with Crippen LogP contribution in [-0.2, 0) is 25.2 Å². The van der Waals surface area contributed by atoms with Gasteiger partial charge < -0.3 is 29.9 Å². The van der Waals surface area contributed by atoms with Gasteiger partial charge in [-0.3, -0.25) is 0 Å². The van der Waals surface area contributed by atoms with Gasteiger partial charge in [0.15, 0.2) is 0 Å². The number of benzene rings is 8. The second-order valence-corrected chi connectivity index (χ2v) is 29.7. The van der Waals surface area contributed by atoms with Crippen LogP contribution in [0.2, 0.25) is 0 Å². The van der Waals surface area contributed by atoms with Gasteiger partial charge in [0.1, 0.15) is 11.3 Å². The first-order chi connectivity index (χ1) is 46.5. The first kappa shape index (κ1) is 69.3. The average molecular weight is 1480 g/mol. The van der Waals surface area contributed by atoms with E-state index in [2.05, 4.69) is 294 Å². The van der Waals surface area contributed by atoms with Crippen LogP contribution in [-0.4, -0.2) is 58.2 Å². The van der Waals surface area contributed by atoms with Gasteiger partial charge in [0.05, 0.1) is 16.9 Å². The zero-order chi connectivity index (χ0) is 66.1. The van der Waals surface area contributed by atoms with Crippen LogP contribution in [0, 0.1) is 0 Å². The molecule has 7 heterocycles. The van der Waals surface area contributed by atoms with E-state index < -0.39 is 15.8 Å². The van der Waals surface area contributed by atoms with Crippen LogP contribution < -0.4 is 47.9 Å². The number of halogens is 3. The van der Waals surface area contributed by atoms with E-state index in [1.807, 2.05) is 73.2 Å². The number of hydrogen-bond donors (Lipinski definition) is 4. The fourth-order valence-corrected chi connectivity index (χ4v) is 14.9. The summed E-state index contributed by atoms with van der Waals surface area (Å²) in [6.45, 7) is 8.20. The summed E-state index contributed by atoms with van der Waals surface area (Å²) < 4.78 is 13.0. The third-order valence-electron chi connectivity index (χ3n) is 15.2. The maximum absolute atomic E-state index is 6.00. The van der Waals surface area contributed by atoms with Gasteiger partial charge in [-0.15, -0.1) is 0 Å². The molecule has 19 heteroatoms. The SMILES string of the molecule is Brc1ccccc1Nc1ncccn1.CC1(C)OB(c2cnc3[nH]ccc3c2)OC1(C)C.[Cl][Pd][Cl].c1ccc(P(c2ccccc2)c2ccccc2)cc1.c1ccc(P(c2ccccc2)c2ccccc2)cc1.c1cnc(Nc2ccccc2-c2cnc3[nH]ccc3c2)nc1. The summed E-state index contributed by atoms with van der Waals surface area (Å²) >= 11 is 3.33. The maximum Gasteiger partial charge on any atom is 0.227 e. The van der Waals surface area contributed by atoms with E-state index in [0.717, 1.165) is 54.5 Å². The fourth-order valence-electron chi connectivity index (χ4n) is 9.88. The summed E-state index contributed by atoms with van der Waals surface area (Å²) in [7, 11) is 8.39. The minimum Gasteiger partial charge on any atom is -0.346 e. The van der Waals surface area contributed by atoms with Gasteiger partial charge in [-0.05, 0) is 146 Å². The number of H-pyrrole nitrogens is 2. The van der Waals surface area contributed by atoms with Gasteiger partial charge in [0.25, 0.3) is 0 Å². The number of aromatic nitrogens is 8. The monoisotopic (exact) mass is 1480 g/mol. The number of nitrogens with zero attached hydrogens (tertiary/aromatic N) is 6. The Balaban J connectivity index is 0.000000129. The summed E-state index contributed by atoms with van der Waals surface area (Å²) in [5.41, 5.74) is 6.12. The molecule has 15 rings (SSSR count). The minimum absolute atomic E-state index is 0.106. The van der Waals surface area contributed by atoms with Crippen LogP contribution in [0.4, 0.5) is 23.3 Å². The van der Waals surface area contributed by atoms with Crippen molar-refractivity contribution < 1.29 is 25.2 Å². The zero-order valence-corrected chi connectivity index (χ0v) is 58.9. The van der Waals surface area contributed by atoms with E-state index in [1.165, 1.54) is 31.8 Å². The second-order valence-electron chi connectivity index (χ2n) is 22.1. The molecule has 0 unspecified atom stereocenters. The average Bonchev–Trinajstić information content (AvgIpc) is 1.82. The first-order valence-corrected chi connectivity index (χ1v) is 37.8. The maximum atomic E-state index is 6.00. The molecule has 0 amide bonds. The largest absolute Gasteiger partial charge is 0.346 e. The standard InChI is InChI=1S/2C18H15P.C17H13N5.C13H17BN2O2.C10H8BrN3.2ClH.Pd/c2*1-4-10-16(11-5-1)19(17-12-6-2-7-13-17)18-14-8-3-9-15-18;1-2-5-15(22-17-19-7-3-8-20-17)14(4-1)13-10-12-6-9-18-16(12)21-11-13;1-12(2)13(3,4)18-14(17-12)10-7-9-5-6-15-11(9)16-8-10;11-8-4-1-2-5-9(8)14-10-12-6-3-7-13-10;;;/h2*1-15H;1-11H,(H,18,21)(H,19,20,22);5-8H,1-4H3,(H,15,16);1-7H,(H,12,13,14);2*1H;/q;;;;;;;+2/p-2. The number of rotatable bonds is 12. The number of para-hydroxylation sites is 2. The molecular formula is C76H68BBrCl2N10O2P2Pd. The van der Waals surface area contributed by atoms with E-state index in [0.29, 0.717) is 11.9 Å². The Morgan fingerprint density at radius 2 is 0.747 bits per heavy atom. The van der Waals surface area contributed by atoms with Crippen LogP contribution in [0.15, 0.2) is 321 Å². The normalized spacial score (nSPS) is 12.5. The number of anilines is 4. The van der Waals surface area contributed by atoms with Crippen molar-refractivity contribution in [1.29, 1.82) is 0 Å². The van der Waals surface area contributed by atoms with Crippen molar-refractivity contribution in [1.82, 2.24) is 39.9 Å². The van der Waals surface area contributed by atoms with Crippen molar-refractivity contribution in [2.24, 2.45) is 0 Å². The van der Waals surface area contributed by atoms with E-state index >= 15 is 0 Å². The molecular weight excluding hydrogens is 1410 g/mol. The number of hydrogen-bond acceptors (Lipinski definition) is 10. The van der Waals surface area contributed by atoms with E-state index in [-0.39, 0.29) is 34.3 Å². The van der Waals surface area contributed by atoms with Gasteiger partial charge in [0.2, 0.25) is 11.9 Å². The molecule has 6 aromatic heterocycles. The minimum atomic E-state index is -0.446. The molecule has 95 heavy (non-hydrogen) atoms. The van der Waals surface area contributed by atoms with Crippen LogP contribution in [0.25, 0.3) is 33.2 Å². The molecule has 1 aliphatic rings. The smallest absolute Gasteiger partial charge is 0.227 e. The molecule has 0 atom stereocenters. The molecule has 0 radical (unpaired) electrons. The summed E-state index contributed by atoms with van der Waals surface area (Å²) in [5, 5.41) is 16.9. The molecule has 8 aromatic carbocycles. The quantitative estimate of drug-likeness (QED) is 0.0687. The zero-order valence-electron chi connectivity index (χ0n) is 52.4.